The Hall–Kier alpha value is -1.07. The van der Waals surface area contributed by atoms with Crippen LogP contribution in [0.15, 0.2) is 24.3 Å². The van der Waals surface area contributed by atoms with Gasteiger partial charge in [0.15, 0.2) is 0 Å². The Labute approximate surface area is 112 Å². The largest absolute Gasteiger partial charge is 0.325 e. The van der Waals surface area contributed by atoms with Gasteiger partial charge in [-0.1, -0.05) is 6.92 Å². The minimum Gasteiger partial charge on any atom is -0.325 e. The van der Waals surface area contributed by atoms with Gasteiger partial charge in [-0.2, -0.15) is 11.8 Å². The molecule has 3 nitrogen and oxygen atoms in total. The quantitative estimate of drug-likeness (QED) is 0.799. The predicted molar refractivity (Wildman–Crippen MR) is 75.4 cm³/mol. The van der Waals surface area contributed by atoms with E-state index in [0.717, 1.165) is 12.3 Å². The minimum absolute atomic E-state index is 0.113. The molecule has 1 aromatic carbocycles. The zero-order valence-electron chi connectivity index (χ0n) is 10.7. The first-order valence-corrected chi connectivity index (χ1v) is 7.26. The summed E-state index contributed by atoms with van der Waals surface area (Å²) in [5.41, 5.74) is 0.611. The van der Waals surface area contributed by atoms with Crippen LogP contribution in [0, 0.1) is 11.7 Å². The van der Waals surface area contributed by atoms with Crippen LogP contribution in [-0.2, 0) is 4.79 Å². The lowest BCUT2D eigenvalue weighted by Crippen LogP contribution is -2.31. The van der Waals surface area contributed by atoms with Gasteiger partial charge in [-0.3, -0.25) is 4.79 Å². The van der Waals surface area contributed by atoms with E-state index in [-0.39, 0.29) is 18.3 Å². The fourth-order valence-electron chi connectivity index (χ4n) is 1.51. The topological polar surface area (TPSA) is 41.1 Å². The van der Waals surface area contributed by atoms with Crippen molar-refractivity contribution >= 4 is 23.4 Å². The van der Waals surface area contributed by atoms with E-state index in [0.29, 0.717) is 11.6 Å². The van der Waals surface area contributed by atoms with E-state index in [1.165, 1.54) is 12.1 Å². The van der Waals surface area contributed by atoms with Crippen LogP contribution in [0.3, 0.4) is 0 Å². The molecule has 1 rings (SSSR count). The lowest BCUT2D eigenvalue weighted by Gasteiger charge is -2.11. The second kappa shape index (κ2) is 8.11. The lowest BCUT2D eigenvalue weighted by molar-refractivity contribution is -0.115. The van der Waals surface area contributed by atoms with Crippen LogP contribution in [0.25, 0.3) is 0 Å². The van der Waals surface area contributed by atoms with Gasteiger partial charge in [-0.15, -0.1) is 0 Å². The molecule has 0 aromatic heterocycles. The Kier molecular flexibility index (Phi) is 6.75. The first kappa shape index (κ1) is 15.0. The first-order valence-electron chi connectivity index (χ1n) is 5.87. The summed E-state index contributed by atoms with van der Waals surface area (Å²) in [6.07, 6.45) is 2.07. The highest BCUT2D eigenvalue weighted by Gasteiger charge is 2.04. The number of hydrogen-bond donors (Lipinski definition) is 2. The number of halogens is 1. The number of nitrogens with one attached hydrogen (secondary N) is 2. The molecule has 0 saturated carbocycles. The van der Waals surface area contributed by atoms with Gasteiger partial charge in [0, 0.05) is 5.69 Å². The molecule has 0 saturated heterocycles. The number of benzene rings is 1. The highest BCUT2D eigenvalue weighted by molar-refractivity contribution is 7.98. The van der Waals surface area contributed by atoms with Gasteiger partial charge < -0.3 is 10.6 Å². The number of hydrogen-bond acceptors (Lipinski definition) is 3. The van der Waals surface area contributed by atoms with E-state index in [1.54, 1.807) is 23.9 Å². The number of amides is 1. The summed E-state index contributed by atoms with van der Waals surface area (Å²) < 4.78 is 12.7. The van der Waals surface area contributed by atoms with Crippen molar-refractivity contribution in [2.75, 3.05) is 30.4 Å². The summed E-state index contributed by atoms with van der Waals surface area (Å²) in [7, 11) is 0. The maximum absolute atomic E-state index is 12.7. The van der Waals surface area contributed by atoms with Gasteiger partial charge in [0.25, 0.3) is 0 Å². The zero-order valence-corrected chi connectivity index (χ0v) is 11.5. The number of rotatable bonds is 7. The molecule has 0 aliphatic carbocycles. The average molecular weight is 270 g/mol. The molecule has 5 heteroatoms. The van der Waals surface area contributed by atoms with Crippen LogP contribution in [0.4, 0.5) is 10.1 Å². The summed E-state index contributed by atoms with van der Waals surface area (Å²) in [6.45, 7) is 3.23. The third-order valence-electron chi connectivity index (χ3n) is 2.36. The standard InChI is InChI=1S/C13H19FN2OS/c1-10(9-18-2)7-15-8-13(17)16-12-5-3-11(14)4-6-12/h3-6,10,15H,7-9H2,1-2H3,(H,16,17). The summed E-state index contributed by atoms with van der Waals surface area (Å²) in [4.78, 5) is 11.6. The second-order valence-corrected chi connectivity index (χ2v) is 5.16. The van der Waals surface area contributed by atoms with Crippen molar-refractivity contribution in [3.8, 4) is 0 Å². The molecule has 0 radical (unpaired) electrons. The fourth-order valence-corrected chi connectivity index (χ4v) is 2.20. The Morgan fingerprint density at radius 3 is 2.67 bits per heavy atom. The molecular formula is C13H19FN2OS. The molecule has 0 fully saturated rings. The molecule has 1 atom stereocenters. The van der Waals surface area contributed by atoms with Crippen molar-refractivity contribution in [1.82, 2.24) is 5.32 Å². The van der Waals surface area contributed by atoms with Crippen LogP contribution in [-0.4, -0.2) is 31.0 Å². The van der Waals surface area contributed by atoms with Crippen molar-refractivity contribution in [3.63, 3.8) is 0 Å². The summed E-state index contributed by atoms with van der Waals surface area (Å²) in [5, 5.41) is 5.80. The van der Waals surface area contributed by atoms with E-state index in [2.05, 4.69) is 23.8 Å². The normalized spacial score (nSPS) is 12.2. The van der Waals surface area contributed by atoms with E-state index in [4.69, 9.17) is 0 Å². The Bertz CT molecular complexity index is 370. The van der Waals surface area contributed by atoms with Crippen LogP contribution in [0.1, 0.15) is 6.92 Å². The molecule has 0 bridgehead atoms. The first-order chi connectivity index (χ1) is 8.61. The maximum Gasteiger partial charge on any atom is 0.238 e. The third kappa shape index (κ3) is 6.02. The Morgan fingerprint density at radius 1 is 1.39 bits per heavy atom. The zero-order chi connectivity index (χ0) is 13.4. The second-order valence-electron chi connectivity index (χ2n) is 4.25. The molecule has 1 amide bonds. The predicted octanol–water partition coefficient (Wildman–Crippen LogP) is 2.35. The highest BCUT2D eigenvalue weighted by atomic mass is 32.2. The summed E-state index contributed by atoms with van der Waals surface area (Å²) in [5.74, 6) is 1.20. The monoisotopic (exact) mass is 270 g/mol. The number of carbonyl (C=O) groups excluding carboxylic acids is 1. The van der Waals surface area contributed by atoms with Gasteiger partial charge >= 0.3 is 0 Å². The average Bonchev–Trinajstić information content (AvgIpc) is 2.32. The molecule has 0 heterocycles. The molecule has 0 aliphatic rings. The minimum atomic E-state index is -0.308. The van der Waals surface area contributed by atoms with E-state index in [1.807, 2.05) is 0 Å². The summed E-state index contributed by atoms with van der Waals surface area (Å²) in [6, 6.07) is 5.74. The highest BCUT2D eigenvalue weighted by Crippen LogP contribution is 2.07. The molecule has 18 heavy (non-hydrogen) atoms. The molecule has 0 aliphatic heterocycles. The lowest BCUT2D eigenvalue weighted by atomic mass is 10.2. The molecule has 2 N–H and O–H groups in total. The Morgan fingerprint density at radius 2 is 2.06 bits per heavy atom. The van der Waals surface area contributed by atoms with Gasteiger partial charge in [0.1, 0.15) is 5.82 Å². The van der Waals surface area contributed by atoms with Crippen LogP contribution in [0.5, 0.6) is 0 Å². The van der Waals surface area contributed by atoms with Crippen molar-refractivity contribution in [2.45, 2.75) is 6.92 Å². The fraction of sp³-hybridized carbons (Fsp3) is 0.462. The van der Waals surface area contributed by atoms with Crippen molar-refractivity contribution < 1.29 is 9.18 Å². The van der Waals surface area contributed by atoms with Crippen molar-refractivity contribution in [3.05, 3.63) is 30.1 Å². The SMILES string of the molecule is CSCC(C)CNCC(=O)Nc1ccc(F)cc1. The van der Waals surface area contributed by atoms with Gasteiger partial charge in [0.2, 0.25) is 5.91 Å². The van der Waals surface area contributed by atoms with Crippen LogP contribution >= 0.6 is 11.8 Å². The van der Waals surface area contributed by atoms with E-state index < -0.39 is 0 Å². The maximum atomic E-state index is 12.7. The molecule has 1 aromatic rings. The molecule has 0 spiro atoms. The van der Waals surface area contributed by atoms with Gasteiger partial charge in [0.05, 0.1) is 6.54 Å². The smallest absolute Gasteiger partial charge is 0.238 e. The summed E-state index contributed by atoms with van der Waals surface area (Å²) >= 11 is 1.80. The number of carbonyl (C=O) groups is 1. The molecule has 1 unspecified atom stereocenters. The molecule has 100 valence electrons. The van der Waals surface area contributed by atoms with Crippen molar-refractivity contribution in [1.29, 1.82) is 0 Å². The van der Waals surface area contributed by atoms with E-state index >= 15 is 0 Å². The number of thioether (sulfide) groups is 1. The van der Waals surface area contributed by atoms with Crippen molar-refractivity contribution in [2.24, 2.45) is 5.92 Å². The number of anilines is 1. The Balaban J connectivity index is 2.23. The third-order valence-corrected chi connectivity index (χ3v) is 3.26. The molecular weight excluding hydrogens is 251 g/mol. The van der Waals surface area contributed by atoms with Crippen LogP contribution in [0.2, 0.25) is 0 Å². The van der Waals surface area contributed by atoms with Gasteiger partial charge in [-0.05, 0) is 48.7 Å². The van der Waals surface area contributed by atoms with Crippen LogP contribution < -0.4 is 10.6 Å². The van der Waals surface area contributed by atoms with E-state index in [9.17, 15) is 9.18 Å². The van der Waals surface area contributed by atoms with Gasteiger partial charge in [-0.25, -0.2) is 4.39 Å².